The van der Waals surface area contributed by atoms with Gasteiger partial charge in [-0.15, -0.1) is 0 Å². The first-order valence-corrected chi connectivity index (χ1v) is 9.44. The van der Waals surface area contributed by atoms with Crippen molar-refractivity contribution >= 4 is 11.6 Å². The molecule has 0 aliphatic carbocycles. The van der Waals surface area contributed by atoms with Gasteiger partial charge in [-0.2, -0.15) is 0 Å². The van der Waals surface area contributed by atoms with Crippen LogP contribution < -0.4 is 14.8 Å². The molecule has 0 radical (unpaired) electrons. The van der Waals surface area contributed by atoms with Crippen LogP contribution in [0.3, 0.4) is 0 Å². The second kappa shape index (κ2) is 8.76. The third-order valence-electron chi connectivity index (χ3n) is 4.70. The first-order chi connectivity index (χ1) is 12.6. The van der Waals surface area contributed by atoms with Gasteiger partial charge in [-0.05, 0) is 61.8 Å². The number of hydrogen-bond donors (Lipinski definition) is 1. The summed E-state index contributed by atoms with van der Waals surface area (Å²) in [4.78, 5) is 2.16. The molecule has 1 aliphatic rings. The molecule has 2 aromatic carbocycles. The maximum atomic E-state index is 6.45. The van der Waals surface area contributed by atoms with Crippen LogP contribution in [-0.2, 0) is 6.42 Å². The van der Waals surface area contributed by atoms with Crippen LogP contribution in [0.25, 0.3) is 0 Å². The van der Waals surface area contributed by atoms with E-state index < -0.39 is 0 Å². The standard InChI is InChI=1S/C21H27ClN2O2/c1-24(2)11-6-12-26-20-14-17-15(13-19(20)25-3)9-10-23-21(17)16-7-4-5-8-18(16)22/h4-5,7-8,13-14,21,23H,6,9-12H2,1-3H3. The number of halogens is 1. The summed E-state index contributed by atoms with van der Waals surface area (Å²) in [6, 6.07) is 12.3. The average Bonchev–Trinajstić information content (AvgIpc) is 2.64. The van der Waals surface area contributed by atoms with Crippen LogP contribution in [0.5, 0.6) is 11.5 Å². The zero-order valence-electron chi connectivity index (χ0n) is 15.7. The van der Waals surface area contributed by atoms with E-state index in [0.717, 1.165) is 48.0 Å². The van der Waals surface area contributed by atoms with E-state index in [1.165, 1.54) is 11.1 Å². The molecule has 2 aromatic rings. The van der Waals surface area contributed by atoms with Crippen molar-refractivity contribution in [2.45, 2.75) is 18.9 Å². The maximum Gasteiger partial charge on any atom is 0.161 e. The second-order valence-electron chi connectivity index (χ2n) is 6.87. The topological polar surface area (TPSA) is 33.7 Å². The lowest BCUT2D eigenvalue weighted by atomic mass is 9.89. The van der Waals surface area contributed by atoms with Gasteiger partial charge in [-0.3, -0.25) is 0 Å². The fraction of sp³-hybridized carbons (Fsp3) is 0.429. The number of nitrogens with one attached hydrogen (secondary N) is 1. The van der Waals surface area contributed by atoms with Crippen LogP contribution in [0, 0.1) is 0 Å². The van der Waals surface area contributed by atoms with Crippen LogP contribution >= 0.6 is 11.6 Å². The molecule has 0 saturated carbocycles. The molecule has 1 N–H and O–H groups in total. The summed E-state index contributed by atoms with van der Waals surface area (Å²) in [5.41, 5.74) is 3.60. The minimum absolute atomic E-state index is 0.0717. The van der Waals surface area contributed by atoms with E-state index in [1.54, 1.807) is 7.11 Å². The molecule has 0 fully saturated rings. The number of ether oxygens (including phenoxy) is 2. The van der Waals surface area contributed by atoms with Gasteiger partial charge < -0.3 is 19.7 Å². The quantitative estimate of drug-likeness (QED) is 0.745. The monoisotopic (exact) mass is 374 g/mol. The number of benzene rings is 2. The number of rotatable bonds is 7. The average molecular weight is 375 g/mol. The summed E-state index contributed by atoms with van der Waals surface area (Å²) in [5.74, 6) is 1.60. The van der Waals surface area contributed by atoms with Crippen LogP contribution in [0.2, 0.25) is 5.02 Å². The van der Waals surface area contributed by atoms with Gasteiger partial charge in [0.1, 0.15) is 0 Å². The van der Waals surface area contributed by atoms with Crippen LogP contribution in [-0.4, -0.2) is 45.8 Å². The highest BCUT2D eigenvalue weighted by Gasteiger charge is 2.25. The summed E-state index contributed by atoms with van der Waals surface area (Å²) in [5, 5.41) is 4.37. The number of methoxy groups -OCH3 is 1. The molecule has 1 aliphatic heterocycles. The van der Waals surface area contributed by atoms with Crippen molar-refractivity contribution in [1.29, 1.82) is 0 Å². The molecule has 1 unspecified atom stereocenters. The molecular weight excluding hydrogens is 348 g/mol. The minimum atomic E-state index is 0.0717. The Morgan fingerprint density at radius 3 is 2.69 bits per heavy atom. The molecule has 3 rings (SSSR count). The smallest absolute Gasteiger partial charge is 0.161 e. The number of fused-ring (bicyclic) bond motifs is 1. The van der Waals surface area contributed by atoms with E-state index >= 15 is 0 Å². The summed E-state index contributed by atoms with van der Waals surface area (Å²) >= 11 is 6.45. The Hall–Kier alpha value is -1.75. The Kier molecular flexibility index (Phi) is 6.41. The maximum absolute atomic E-state index is 6.45. The Bertz CT molecular complexity index is 749. The number of nitrogens with zero attached hydrogens (tertiary/aromatic N) is 1. The van der Waals surface area contributed by atoms with Crippen molar-refractivity contribution in [2.24, 2.45) is 0 Å². The van der Waals surface area contributed by atoms with E-state index in [0.29, 0.717) is 6.61 Å². The van der Waals surface area contributed by atoms with Crippen molar-refractivity contribution in [3.05, 3.63) is 58.1 Å². The molecular formula is C21H27ClN2O2. The van der Waals surface area contributed by atoms with E-state index in [9.17, 15) is 0 Å². The molecule has 0 aromatic heterocycles. The fourth-order valence-electron chi connectivity index (χ4n) is 3.39. The summed E-state index contributed by atoms with van der Waals surface area (Å²) in [6.07, 6.45) is 1.94. The lowest BCUT2D eigenvalue weighted by Crippen LogP contribution is -2.30. The van der Waals surface area contributed by atoms with Crippen molar-refractivity contribution in [3.8, 4) is 11.5 Å². The van der Waals surface area contributed by atoms with Crippen LogP contribution in [0.4, 0.5) is 0 Å². The predicted molar refractivity (Wildman–Crippen MR) is 107 cm³/mol. The predicted octanol–water partition coefficient (Wildman–Crippen LogP) is 3.91. The SMILES string of the molecule is COc1cc2c(cc1OCCCN(C)C)C(c1ccccc1Cl)NCC2. The van der Waals surface area contributed by atoms with Gasteiger partial charge >= 0.3 is 0 Å². The summed E-state index contributed by atoms with van der Waals surface area (Å²) < 4.78 is 11.6. The van der Waals surface area contributed by atoms with E-state index in [2.05, 4.69) is 42.5 Å². The van der Waals surface area contributed by atoms with Crippen molar-refractivity contribution in [1.82, 2.24) is 10.2 Å². The Morgan fingerprint density at radius 2 is 1.96 bits per heavy atom. The first kappa shape index (κ1) is 19.0. The van der Waals surface area contributed by atoms with Gasteiger partial charge in [0.25, 0.3) is 0 Å². The van der Waals surface area contributed by atoms with Crippen molar-refractivity contribution < 1.29 is 9.47 Å². The zero-order valence-corrected chi connectivity index (χ0v) is 16.5. The van der Waals surface area contributed by atoms with Gasteiger partial charge in [-0.25, -0.2) is 0 Å². The largest absolute Gasteiger partial charge is 0.493 e. The molecule has 4 nitrogen and oxygen atoms in total. The van der Waals surface area contributed by atoms with Gasteiger partial charge in [0.15, 0.2) is 11.5 Å². The zero-order chi connectivity index (χ0) is 18.5. The van der Waals surface area contributed by atoms with E-state index in [1.807, 2.05) is 18.2 Å². The number of hydrogen-bond acceptors (Lipinski definition) is 4. The fourth-order valence-corrected chi connectivity index (χ4v) is 3.63. The highest BCUT2D eigenvalue weighted by Crippen LogP contribution is 2.39. The third-order valence-corrected chi connectivity index (χ3v) is 5.05. The Morgan fingerprint density at radius 1 is 1.15 bits per heavy atom. The van der Waals surface area contributed by atoms with Crippen LogP contribution in [0.1, 0.15) is 29.2 Å². The first-order valence-electron chi connectivity index (χ1n) is 9.06. The molecule has 0 bridgehead atoms. The lowest BCUT2D eigenvalue weighted by molar-refractivity contribution is 0.267. The lowest BCUT2D eigenvalue weighted by Gasteiger charge is -2.29. The van der Waals surface area contributed by atoms with Gasteiger partial charge in [-0.1, -0.05) is 29.8 Å². The molecule has 0 amide bonds. The highest BCUT2D eigenvalue weighted by atomic mass is 35.5. The minimum Gasteiger partial charge on any atom is -0.493 e. The van der Waals surface area contributed by atoms with E-state index in [4.69, 9.17) is 21.1 Å². The normalized spacial score (nSPS) is 16.4. The summed E-state index contributed by atoms with van der Waals surface area (Å²) in [6.45, 7) is 2.57. The highest BCUT2D eigenvalue weighted by molar-refractivity contribution is 6.31. The molecule has 26 heavy (non-hydrogen) atoms. The molecule has 5 heteroatoms. The molecule has 0 saturated heterocycles. The van der Waals surface area contributed by atoms with Gasteiger partial charge in [0.05, 0.1) is 19.8 Å². The van der Waals surface area contributed by atoms with E-state index in [-0.39, 0.29) is 6.04 Å². The molecule has 0 spiro atoms. The van der Waals surface area contributed by atoms with Crippen molar-refractivity contribution in [3.63, 3.8) is 0 Å². The molecule has 140 valence electrons. The summed E-state index contributed by atoms with van der Waals surface area (Å²) in [7, 11) is 5.83. The molecule has 1 atom stereocenters. The third kappa shape index (κ3) is 4.32. The van der Waals surface area contributed by atoms with Crippen LogP contribution in [0.15, 0.2) is 36.4 Å². The van der Waals surface area contributed by atoms with Crippen molar-refractivity contribution in [2.75, 3.05) is 40.9 Å². The van der Waals surface area contributed by atoms with Gasteiger partial charge in [0.2, 0.25) is 0 Å². The second-order valence-corrected chi connectivity index (χ2v) is 7.27. The van der Waals surface area contributed by atoms with Gasteiger partial charge in [0, 0.05) is 18.1 Å². The Balaban J connectivity index is 1.88. The molecule has 1 heterocycles. The Labute approximate surface area is 161 Å².